The number of aliphatic hydroxyl groups is 2. The number of aliphatic hydroxyl groups excluding tert-OH is 1. The van der Waals surface area contributed by atoms with E-state index in [0.29, 0.717) is 6.42 Å². The molecule has 7 unspecified atom stereocenters. The van der Waals surface area contributed by atoms with Crippen molar-refractivity contribution in [3.05, 3.63) is 0 Å². The van der Waals surface area contributed by atoms with Crippen LogP contribution in [0.3, 0.4) is 0 Å². The van der Waals surface area contributed by atoms with Crippen molar-refractivity contribution in [3.8, 4) is 0 Å². The van der Waals surface area contributed by atoms with Crippen molar-refractivity contribution in [1.82, 2.24) is 4.90 Å². The lowest BCUT2D eigenvalue weighted by atomic mass is 9.45. The lowest BCUT2D eigenvalue weighted by Gasteiger charge is -2.72. The molecule has 0 aromatic heterocycles. The van der Waals surface area contributed by atoms with E-state index in [1.807, 2.05) is 0 Å². The Kier molecular flexibility index (Phi) is 3.56. The minimum Gasteiger partial charge on any atom is -0.462 e. The molecule has 4 rings (SSSR count). The molecule has 5 nitrogen and oxygen atoms in total. The summed E-state index contributed by atoms with van der Waals surface area (Å²) in [5.74, 6) is -0.0606. The Hall–Kier alpha value is -0.650. The number of nitrogens with zero attached hydrogens (tertiary/aromatic N) is 1. The zero-order chi connectivity index (χ0) is 16.4. The lowest BCUT2D eigenvalue weighted by molar-refractivity contribution is -0.301. The number of piperidine rings is 2. The molecular weight excluding hydrogens is 294 g/mol. The van der Waals surface area contributed by atoms with Gasteiger partial charge in [0, 0.05) is 18.8 Å². The van der Waals surface area contributed by atoms with Gasteiger partial charge in [-0.2, -0.15) is 0 Å². The van der Waals surface area contributed by atoms with E-state index in [0.717, 1.165) is 45.2 Å². The van der Waals surface area contributed by atoms with E-state index in [4.69, 9.17) is 4.74 Å². The molecule has 5 heteroatoms. The molecule has 2 bridgehead atoms. The van der Waals surface area contributed by atoms with E-state index in [-0.39, 0.29) is 35.4 Å². The van der Waals surface area contributed by atoms with Crippen molar-refractivity contribution >= 4 is 5.97 Å². The van der Waals surface area contributed by atoms with E-state index < -0.39 is 11.7 Å². The van der Waals surface area contributed by atoms with Crippen molar-refractivity contribution in [2.45, 2.75) is 75.7 Å². The van der Waals surface area contributed by atoms with Crippen LogP contribution in [0.1, 0.15) is 52.4 Å². The molecule has 2 aliphatic carbocycles. The minimum absolute atomic E-state index is 0.166. The highest BCUT2D eigenvalue weighted by Crippen LogP contribution is 2.62. The van der Waals surface area contributed by atoms with E-state index in [9.17, 15) is 15.0 Å². The molecule has 0 aromatic rings. The van der Waals surface area contributed by atoms with Gasteiger partial charge in [-0.3, -0.25) is 9.69 Å². The number of esters is 1. The Morgan fingerprint density at radius 1 is 1.26 bits per heavy atom. The van der Waals surface area contributed by atoms with Crippen molar-refractivity contribution in [3.63, 3.8) is 0 Å². The maximum absolute atomic E-state index is 11.8. The Bertz CT molecular complexity index is 509. The second kappa shape index (κ2) is 5.17. The van der Waals surface area contributed by atoms with Crippen LogP contribution in [0.5, 0.6) is 0 Å². The summed E-state index contributed by atoms with van der Waals surface area (Å²) in [5, 5.41) is 22.6. The Balaban J connectivity index is 1.83. The van der Waals surface area contributed by atoms with Gasteiger partial charge in [-0.25, -0.2) is 0 Å². The van der Waals surface area contributed by atoms with E-state index in [2.05, 4.69) is 11.8 Å². The topological polar surface area (TPSA) is 70.0 Å². The molecule has 23 heavy (non-hydrogen) atoms. The molecule has 1 spiro atoms. The highest BCUT2D eigenvalue weighted by molar-refractivity contribution is 5.66. The van der Waals surface area contributed by atoms with Crippen molar-refractivity contribution in [2.75, 3.05) is 13.1 Å². The number of hydrogen-bond acceptors (Lipinski definition) is 5. The summed E-state index contributed by atoms with van der Waals surface area (Å²) in [4.78, 5) is 14.1. The average molecular weight is 323 g/mol. The molecule has 7 atom stereocenters. The first-order valence-electron chi connectivity index (χ1n) is 9.23. The largest absolute Gasteiger partial charge is 0.462 e. The van der Waals surface area contributed by atoms with Crippen LogP contribution in [0.25, 0.3) is 0 Å². The van der Waals surface area contributed by atoms with Crippen molar-refractivity contribution in [2.24, 2.45) is 17.8 Å². The summed E-state index contributed by atoms with van der Waals surface area (Å²) >= 11 is 0. The second-order valence-corrected chi connectivity index (χ2v) is 8.35. The average Bonchev–Trinajstić information content (AvgIpc) is 2.48. The Labute approximate surface area is 138 Å². The van der Waals surface area contributed by atoms with E-state index in [1.165, 1.54) is 6.92 Å². The van der Waals surface area contributed by atoms with Crippen LogP contribution < -0.4 is 0 Å². The zero-order valence-corrected chi connectivity index (χ0v) is 14.2. The third-order valence-electron chi connectivity index (χ3n) is 7.35. The highest BCUT2D eigenvalue weighted by atomic mass is 16.5. The van der Waals surface area contributed by atoms with Crippen molar-refractivity contribution in [1.29, 1.82) is 0 Å². The van der Waals surface area contributed by atoms with Crippen LogP contribution in [-0.2, 0) is 9.53 Å². The molecule has 2 saturated heterocycles. The predicted octanol–water partition coefficient (Wildman–Crippen LogP) is 1.31. The van der Waals surface area contributed by atoms with Gasteiger partial charge in [-0.05, 0) is 57.5 Å². The van der Waals surface area contributed by atoms with Crippen LogP contribution in [0.2, 0.25) is 0 Å². The number of hydrogen-bond donors (Lipinski definition) is 2. The lowest BCUT2D eigenvalue weighted by Crippen LogP contribution is -2.82. The monoisotopic (exact) mass is 323 g/mol. The van der Waals surface area contributed by atoms with Gasteiger partial charge in [0.1, 0.15) is 6.10 Å². The predicted molar refractivity (Wildman–Crippen MR) is 84.7 cm³/mol. The summed E-state index contributed by atoms with van der Waals surface area (Å²) in [5.41, 5.74) is -1.15. The molecule has 4 aliphatic rings. The molecule has 2 heterocycles. The SMILES string of the molecule is CC(=O)OC1CC2C(O)C(C)CC34C1CCCN3CCCC24O. The highest BCUT2D eigenvalue weighted by Gasteiger charge is 2.72. The number of rotatable bonds is 1. The van der Waals surface area contributed by atoms with Gasteiger partial charge < -0.3 is 14.9 Å². The number of carbonyl (C=O) groups is 1. The van der Waals surface area contributed by atoms with Crippen LogP contribution in [0.15, 0.2) is 0 Å². The Morgan fingerprint density at radius 3 is 2.74 bits per heavy atom. The summed E-state index contributed by atoms with van der Waals surface area (Å²) in [6.45, 7) is 5.60. The standard InChI is InChI=1S/C18H29NO4/c1-11-10-17-13-5-3-7-19(17)8-4-6-18(17,22)14(16(11)21)9-15(13)23-12(2)20/h11,13-16,21-22H,3-10H2,1-2H3. The van der Waals surface area contributed by atoms with Gasteiger partial charge in [0.05, 0.1) is 17.2 Å². The molecule has 2 N–H and O–H groups in total. The fourth-order valence-corrected chi connectivity index (χ4v) is 6.68. The first kappa shape index (κ1) is 15.9. The number of ether oxygens (including phenoxy) is 1. The fourth-order valence-electron chi connectivity index (χ4n) is 6.68. The van der Waals surface area contributed by atoms with Gasteiger partial charge in [0.15, 0.2) is 0 Å². The minimum atomic E-state index is -0.834. The fraction of sp³-hybridized carbons (Fsp3) is 0.944. The second-order valence-electron chi connectivity index (χ2n) is 8.35. The normalized spacial score (nSPS) is 52.6. The molecule has 0 amide bonds. The van der Waals surface area contributed by atoms with Crippen molar-refractivity contribution < 1.29 is 19.7 Å². The maximum atomic E-state index is 11.8. The van der Waals surface area contributed by atoms with E-state index in [1.54, 1.807) is 0 Å². The first-order valence-corrected chi connectivity index (χ1v) is 9.23. The summed E-state index contributed by atoms with van der Waals surface area (Å²) in [6, 6.07) is 0. The van der Waals surface area contributed by atoms with Gasteiger partial charge in [0.25, 0.3) is 0 Å². The maximum Gasteiger partial charge on any atom is 0.302 e. The van der Waals surface area contributed by atoms with Crippen LogP contribution in [-0.4, -0.2) is 57.5 Å². The summed E-state index contributed by atoms with van der Waals surface area (Å²) < 4.78 is 5.70. The van der Waals surface area contributed by atoms with Crippen LogP contribution >= 0.6 is 0 Å². The van der Waals surface area contributed by atoms with Gasteiger partial charge in [-0.1, -0.05) is 6.92 Å². The molecule has 0 aromatic carbocycles. The zero-order valence-electron chi connectivity index (χ0n) is 14.2. The number of carbonyl (C=O) groups excluding carboxylic acids is 1. The summed E-state index contributed by atoms with van der Waals surface area (Å²) in [7, 11) is 0. The molecule has 2 saturated carbocycles. The molecule has 2 aliphatic heterocycles. The third kappa shape index (κ3) is 1.93. The summed E-state index contributed by atoms with van der Waals surface area (Å²) in [6.07, 6.45) is 4.59. The van der Waals surface area contributed by atoms with E-state index >= 15 is 0 Å². The molecular formula is C18H29NO4. The molecule has 0 radical (unpaired) electrons. The van der Waals surface area contributed by atoms with Crippen LogP contribution in [0, 0.1) is 17.8 Å². The smallest absolute Gasteiger partial charge is 0.302 e. The van der Waals surface area contributed by atoms with Crippen LogP contribution in [0.4, 0.5) is 0 Å². The van der Waals surface area contributed by atoms with Gasteiger partial charge >= 0.3 is 5.97 Å². The third-order valence-corrected chi connectivity index (χ3v) is 7.35. The molecule has 130 valence electrons. The van der Waals surface area contributed by atoms with Gasteiger partial charge in [-0.15, -0.1) is 0 Å². The Morgan fingerprint density at radius 2 is 2.00 bits per heavy atom. The quantitative estimate of drug-likeness (QED) is 0.712. The molecule has 4 fully saturated rings. The van der Waals surface area contributed by atoms with Gasteiger partial charge in [0.2, 0.25) is 0 Å². The first-order chi connectivity index (χ1) is 10.9.